The van der Waals surface area contributed by atoms with E-state index in [2.05, 4.69) is 39.8 Å². The molecular formula is C23H33NO3. The predicted molar refractivity (Wildman–Crippen MR) is 107 cm³/mol. The van der Waals surface area contributed by atoms with Gasteiger partial charge in [-0.05, 0) is 74.1 Å². The van der Waals surface area contributed by atoms with Crippen LogP contribution in [0.25, 0.3) is 0 Å². The maximum atomic E-state index is 13.5. The number of nitrogens with zero attached hydrogens (tertiary/aromatic N) is 1. The molecule has 3 rings (SSSR count). The van der Waals surface area contributed by atoms with E-state index in [0.717, 1.165) is 45.2 Å². The van der Waals surface area contributed by atoms with Crippen LogP contribution >= 0.6 is 0 Å². The first-order valence-electron chi connectivity index (χ1n) is 10.4. The molecule has 0 unspecified atom stereocenters. The lowest BCUT2D eigenvalue weighted by molar-refractivity contribution is -0.150. The molecule has 0 heterocycles. The minimum atomic E-state index is -0.325. The molecule has 0 bridgehead atoms. The van der Waals surface area contributed by atoms with Crippen LogP contribution in [0, 0.1) is 11.3 Å². The minimum absolute atomic E-state index is 0.0560. The molecule has 0 radical (unpaired) electrons. The number of hydrogen-bond donors (Lipinski definition) is 0. The molecular weight excluding hydrogens is 338 g/mol. The van der Waals surface area contributed by atoms with E-state index >= 15 is 0 Å². The van der Waals surface area contributed by atoms with Gasteiger partial charge in [0.1, 0.15) is 5.75 Å². The Labute approximate surface area is 163 Å². The molecule has 1 saturated carbocycles. The van der Waals surface area contributed by atoms with Gasteiger partial charge >= 0.3 is 5.97 Å². The molecule has 4 nitrogen and oxygen atoms in total. The quantitative estimate of drug-likeness (QED) is 0.579. The summed E-state index contributed by atoms with van der Waals surface area (Å²) in [7, 11) is 0. The lowest BCUT2D eigenvalue weighted by Crippen LogP contribution is -2.56. The summed E-state index contributed by atoms with van der Waals surface area (Å²) in [5.41, 5.74) is 2.23. The smallest absolute Gasteiger partial charge is 0.308 e. The molecule has 1 aromatic carbocycles. The monoisotopic (exact) mass is 371 g/mol. The summed E-state index contributed by atoms with van der Waals surface area (Å²) in [5.74, 6) is 0.943. The zero-order chi connectivity index (χ0) is 19.8. The number of carbonyl (C=O) groups is 2. The molecule has 2 aliphatic carbocycles. The number of aryl methyl sites for hydroxylation is 1. The average molecular weight is 372 g/mol. The van der Waals surface area contributed by atoms with Gasteiger partial charge in [-0.25, -0.2) is 0 Å². The van der Waals surface area contributed by atoms with Crippen molar-refractivity contribution in [3.8, 4) is 5.75 Å². The fourth-order valence-corrected chi connectivity index (χ4v) is 5.80. The Morgan fingerprint density at radius 2 is 1.89 bits per heavy atom. The van der Waals surface area contributed by atoms with Crippen molar-refractivity contribution in [1.29, 1.82) is 0 Å². The van der Waals surface area contributed by atoms with Gasteiger partial charge in [-0.2, -0.15) is 0 Å². The van der Waals surface area contributed by atoms with E-state index < -0.39 is 0 Å². The lowest BCUT2D eigenvalue weighted by atomic mass is 9.49. The molecule has 4 heteroatoms. The van der Waals surface area contributed by atoms with Gasteiger partial charge in [-0.1, -0.05) is 26.3 Å². The first-order valence-corrected chi connectivity index (χ1v) is 10.4. The number of rotatable bonds is 4. The maximum absolute atomic E-state index is 13.5. The van der Waals surface area contributed by atoms with Crippen LogP contribution in [-0.4, -0.2) is 29.9 Å². The molecule has 27 heavy (non-hydrogen) atoms. The van der Waals surface area contributed by atoms with Gasteiger partial charge in [-0.15, -0.1) is 0 Å². The Bertz CT molecular complexity index is 739. The number of hydrogen-bond acceptors (Lipinski definition) is 3. The van der Waals surface area contributed by atoms with E-state index in [1.54, 1.807) is 0 Å². The van der Waals surface area contributed by atoms with E-state index in [0.29, 0.717) is 17.6 Å². The van der Waals surface area contributed by atoms with Crippen LogP contribution in [0.15, 0.2) is 18.2 Å². The third kappa shape index (κ3) is 3.28. The van der Waals surface area contributed by atoms with E-state index in [9.17, 15) is 9.59 Å². The van der Waals surface area contributed by atoms with Crippen LogP contribution in [-0.2, 0) is 21.4 Å². The summed E-state index contributed by atoms with van der Waals surface area (Å²) in [4.78, 5) is 26.9. The molecule has 3 atom stereocenters. The van der Waals surface area contributed by atoms with Crippen LogP contribution < -0.4 is 4.74 Å². The Morgan fingerprint density at radius 1 is 1.19 bits per heavy atom. The highest BCUT2D eigenvalue weighted by molar-refractivity contribution is 5.83. The van der Waals surface area contributed by atoms with Gasteiger partial charge in [0.15, 0.2) is 0 Å². The lowest BCUT2D eigenvalue weighted by Gasteiger charge is -2.55. The molecule has 1 fully saturated rings. The first-order chi connectivity index (χ1) is 12.8. The van der Waals surface area contributed by atoms with Gasteiger partial charge in [0, 0.05) is 20.0 Å². The second kappa shape index (κ2) is 7.29. The second-order valence-corrected chi connectivity index (χ2v) is 8.67. The largest absolute Gasteiger partial charge is 0.427 e. The molecule has 0 aromatic heterocycles. The van der Waals surface area contributed by atoms with Crippen molar-refractivity contribution >= 4 is 11.9 Å². The number of benzene rings is 1. The summed E-state index contributed by atoms with van der Waals surface area (Å²) in [5, 5.41) is 0. The number of esters is 1. The summed E-state index contributed by atoms with van der Waals surface area (Å²) in [6.07, 6.45) is 5.11. The number of ether oxygens (including phenoxy) is 1. The predicted octanol–water partition coefficient (Wildman–Crippen LogP) is 4.49. The van der Waals surface area contributed by atoms with Crippen LogP contribution in [0.2, 0.25) is 0 Å². The van der Waals surface area contributed by atoms with Crippen LogP contribution in [0.4, 0.5) is 0 Å². The Kier molecular flexibility index (Phi) is 5.38. The van der Waals surface area contributed by atoms with Gasteiger partial charge in [0.25, 0.3) is 0 Å². The number of amides is 1. The number of carbonyl (C=O) groups excluding carboxylic acids is 2. The molecule has 0 N–H and O–H groups in total. The number of fused-ring (bicyclic) bond motifs is 3. The van der Waals surface area contributed by atoms with Gasteiger partial charge in [-0.3, -0.25) is 9.59 Å². The summed E-state index contributed by atoms with van der Waals surface area (Å²) >= 11 is 0. The summed E-state index contributed by atoms with van der Waals surface area (Å²) < 4.78 is 5.36. The zero-order valence-electron chi connectivity index (χ0n) is 17.4. The Hall–Kier alpha value is -1.84. The summed E-state index contributed by atoms with van der Waals surface area (Å²) in [6.45, 7) is 11.6. The SMILES string of the molecule is CCN(CC)C(=O)[C@@]1(C)CCC[C@]2(C)c3cc(OC(C)=O)ccc3CC[C@H]12. The minimum Gasteiger partial charge on any atom is -0.427 e. The molecule has 0 saturated heterocycles. The van der Waals surface area contributed by atoms with Crippen molar-refractivity contribution in [2.45, 2.75) is 72.1 Å². The van der Waals surface area contributed by atoms with Gasteiger partial charge < -0.3 is 9.64 Å². The second-order valence-electron chi connectivity index (χ2n) is 8.67. The van der Waals surface area contributed by atoms with Crippen molar-refractivity contribution < 1.29 is 14.3 Å². The van der Waals surface area contributed by atoms with E-state index in [1.807, 2.05) is 11.0 Å². The van der Waals surface area contributed by atoms with Crippen LogP contribution in [0.3, 0.4) is 0 Å². The van der Waals surface area contributed by atoms with Crippen molar-refractivity contribution in [3.05, 3.63) is 29.3 Å². The third-order valence-electron chi connectivity index (χ3n) is 7.13. The highest BCUT2D eigenvalue weighted by Crippen LogP contribution is 2.58. The van der Waals surface area contributed by atoms with Gasteiger partial charge in [0.05, 0.1) is 5.41 Å². The molecule has 1 amide bonds. The standard InChI is InChI=1S/C23H33NO3/c1-6-24(7-2)21(26)23(5)14-8-13-22(4)19-15-18(27-16(3)25)11-9-17(19)10-12-20(22)23/h9,11,15,20H,6-8,10,12-14H2,1-5H3/t20-,22+,23-/m0/s1. The Morgan fingerprint density at radius 3 is 2.52 bits per heavy atom. The van der Waals surface area contributed by atoms with Crippen LogP contribution in [0.5, 0.6) is 5.75 Å². The average Bonchev–Trinajstić information content (AvgIpc) is 2.62. The van der Waals surface area contributed by atoms with Crippen molar-refractivity contribution in [2.75, 3.05) is 13.1 Å². The summed E-state index contributed by atoms with van der Waals surface area (Å²) in [6, 6.07) is 6.05. The molecule has 2 aliphatic rings. The molecule has 148 valence electrons. The third-order valence-corrected chi connectivity index (χ3v) is 7.13. The molecule has 0 spiro atoms. The first kappa shape index (κ1) is 19.9. The highest BCUT2D eigenvalue weighted by Gasteiger charge is 2.55. The Balaban J connectivity index is 2.02. The van der Waals surface area contributed by atoms with Crippen LogP contribution in [0.1, 0.15) is 71.4 Å². The van der Waals surface area contributed by atoms with E-state index in [-0.39, 0.29) is 16.8 Å². The van der Waals surface area contributed by atoms with E-state index in [1.165, 1.54) is 18.1 Å². The fraction of sp³-hybridized carbons (Fsp3) is 0.652. The van der Waals surface area contributed by atoms with E-state index in [4.69, 9.17) is 4.74 Å². The normalized spacial score (nSPS) is 29.4. The molecule has 1 aromatic rings. The topological polar surface area (TPSA) is 46.6 Å². The zero-order valence-corrected chi connectivity index (χ0v) is 17.4. The van der Waals surface area contributed by atoms with Crippen molar-refractivity contribution in [2.24, 2.45) is 11.3 Å². The fourth-order valence-electron chi connectivity index (χ4n) is 5.80. The molecule has 0 aliphatic heterocycles. The van der Waals surface area contributed by atoms with Crippen molar-refractivity contribution in [3.63, 3.8) is 0 Å². The van der Waals surface area contributed by atoms with Gasteiger partial charge in [0.2, 0.25) is 5.91 Å². The van der Waals surface area contributed by atoms with Crippen molar-refractivity contribution in [1.82, 2.24) is 4.90 Å². The highest BCUT2D eigenvalue weighted by atomic mass is 16.5. The maximum Gasteiger partial charge on any atom is 0.308 e.